The Balaban J connectivity index is 1.67. The molecule has 2 aromatic rings. The van der Waals surface area contributed by atoms with E-state index in [9.17, 15) is 9.90 Å². The van der Waals surface area contributed by atoms with Gasteiger partial charge in [0, 0.05) is 6.42 Å². The number of benzene rings is 2. The summed E-state index contributed by atoms with van der Waals surface area (Å²) in [7, 11) is 0. The van der Waals surface area contributed by atoms with Crippen LogP contribution in [0.1, 0.15) is 18.1 Å². The molecule has 0 fully saturated rings. The highest BCUT2D eigenvalue weighted by Gasteiger charge is 2.16. The molecule has 0 heterocycles. The quantitative estimate of drug-likeness (QED) is 0.530. The maximum atomic E-state index is 11.4. The minimum absolute atomic E-state index is 0.222. The van der Waals surface area contributed by atoms with Crippen molar-refractivity contribution in [3.8, 4) is 5.75 Å². The van der Waals surface area contributed by atoms with Gasteiger partial charge in [-0.3, -0.25) is 0 Å². The molecule has 1 N–H and O–H groups in total. The summed E-state index contributed by atoms with van der Waals surface area (Å²) in [5.74, 6) is 0.121. The predicted molar refractivity (Wildman–Crippen MR) is 94.4 cm³/mol. The van der Waals surface area contributed by atoms with Crippen LogP contribution < -0.4 is 4.74 Å². The van der Waals surface area contributed by atoms with E-state index in [4.69, 9.17) is 14.2 Å². The Hall–Kier alpha value is -2.37. The number of carbonyl (C=O) groups is 1. The molecular weight excluding hydrogens is 320 g/mol. The normalized spacial score (nSPS) is 11.8. The largest absolute Gasteiger partial charge is 0.491 e. The monoisotopic (exact) mass is 344 g/mol. The summed E-state index contributed by atoms with van der Waals surface area (Å²) in [6.45, 7) is 3.49. The summed E-state index contributed by atoms with van der Waals surface area (Å²) in [5.41, 5.74) is 1.97. The Morgan fingerprint density at radius 2 is 1.72 bits per heavy atom. The van der Waals surface area contributed by atoms with Crippen LogP contribution in [0.5, 0.6) is 5.75 Å². The van der Waals surface area contributed by atoms with Gasteiger partial charge in [-0.2, -0.15) is 0 Å². The van der Waals surface area contributed by atoms with Crippen molar-refractivity contribution < 1.29 is 24.1 Å². The van der Waals surface area contributed by atoms with Crippen molar-refractivity contribution in [2.24, 2.45) is 0 Å². The molecule has 0 unspecified atom stereocenters. The van der Waals surface area contributed by atoms with Crippen LogP contribution in [0.4, 0.5) is 0 Å². The number of ether oxygens (including phenoxy) is 3. The van der Waals surface area contributed by atoms with Gasteiger partial charge in [-0.25, -0.2) is 4.79 Å². The lowest BCUT2D eigenvalue weighted by Gasteiger charge is -2.11. The van der Waals surface area contributed by atoms with Gasteiger partial charge in [-0.1, -0.05) is 42.5 Å². The molecule has 0 saturated carbocycles. The number of hydrogen-bond acceptors (Lipinski definition) is 5. The fourth-order valence-electron chi connectivity index (χ4n) is 2.25. The molecule has 0 aliphatic carbocycles. The molecule has 25 heavy (non-hydrogen) atoms. The number of rotatable bonds is 10. The number of carbonyl (C=O) groups excluding carboxylic acids is 1. The molecule has 0 spiro atoms. The molecule has 0 aliphatic rings. The maximum absolute atomic E-state index is 11.4. The van der Waals surface area contributed by atoms with Crippen molar-refractivity contribution in [1.82, 2.24) is 0 Å². The van der Waals surface area contributed by atoms with Gasteiger partial charge in [0.05, 0.1) is 19.8 Å². The molecule has 0 bridgehead atoms. The topological polar surface area (TPSA) is 65.0 Å². The molecule has 2 rings (SSSR count). The summed E-state index contributed by atoms with van der Waals surface area (Å²) >= 11 is 0. The third-order valence-corrected chi connectivity index (χ3v) is 3.52. The van der Waals surface area contributed by atoms with Gasteiger partial charge in [-0.05, 0) is 30.2 Å². The first-order valence-corrected chi connectivity index (χ1v) is 8.37. The van der Waals surface area contributed by atoms with Gasteiger partial charge in [-0.15, -0.1) is 0 Å². The van der Waals surface area contributed by atoms with Gasteiger partial charge in [0.15, 0.2) is 6.10 Å². The van der Waals surface area contributed by atoms with Crippen LogP contribution in [0.15, 0.2) is 54.6 Å². The molecule has 5 nitrogen and oxygen atoms in total. The number of aliphatic hydroxyl groups is 1. The highest BCUT2D eigenvalue weighted by molar-refractivity contribution is 5.74. The van der Waals surface area contributed by atoms with Crippen LogP contribution in [0.25, 0.3) is 0 Å². The van der Waals surface area contributed by atoms with Crippen LogP contribution in [0.2, 0.25) is 0 Å². The Morgan fingerprint density at radius 1 is 1.00 bits per heavy atom. The molecule has 0 amide bonds. The Kier molecular flexibility index (Phi) is 7.95. The summed E-state index contributed by atoms with van der Waals surface area (Å²) in [4.78, 5) is 11.4. The molecule has 134 valence electrons. The van der Waals surface area contributed by atoms with E-state index in [1.54, 1.807) is 6.92 Å². The van der Waals surface area contributed by atoms with E-state index in [1.165, 1.54) is 0 Å². The maximum Gasteiger partial charge on any atom is 0.335 e. The van der Waals surface area contributed by atoms with Crippen molar-refractivity contribution >= 4 is 5.97 Å². The van der Waals surface area contributed by atoms with Crippen molar-refractivity contribution in [2.75, 3.05) is 19.8 Å². The van der Waals surface area contributed by atoms with Crippen LogP contribution in [0.3, 0.4) is 0 Å². The lowest BCUT2D eigenvalue weighted by molar-refractivity contribution is -0.152. The molecule has 0 aromatic heterocycles. The predicted octanol–water partition coefficient (Wildman–Crippen LogP) is 2.75. The van der Waals surface area contributed by atoms with Crippen LogP contribution in [0, 0.1) is 0 Å². The lowest BCUT2D eigenvalue weighted by Crippen LogP contribution is -2.25. The summed E-state index contributed by atoms with van der Waals surface area (Å²) in [6, 6.07) is 17.2. The van der Waals surface area contributed by atoms with Gasteiger partial charge < -0.3 is 19.3 Å². The Morgan fingerprint density at radius 3 is 2.40 bits per heavy atom. The van der Waals surface area contributed by atoms with E-state index < -0.39 is 12.1 Å². The minimum atomic E-state index is -1.14. The summed E-state index contributed by atoms with van der Waals surface area (Å²) in [6.07, 6.45) is -0.919. The number of hydrogen-bond donors (Lipinski definition) is 1. The molecule has 2 aromatic carbocycles. The van der Waals surface area contributed by atoms with Gasteiger partial charge in [0.2, 0.25) is 0 Å². The third-order valence-electron chi connectivity index (χ3n) is 3.52. The van der Waals surface area contributed by atoms with E-state index in [-0.39, 0.29) is 13.0 Å². The molecule has 5 heteroatoms. The zero-order chi connectivity index (χ0) is 17.9. The second-order valence-corrected chi connectivity index (χ2v) is 5.50. The first-order chi connectivity index (χ1) is 12.2. The number of aliphatic hydroxyl groups excluding tert-OH is 1. The first kappa shape index (κ1) is 19.0. The van der Waals surface area contributed by atoms with E-state index in [1.807, 2.05) is 54.6 Å². The van der Waals surface area contributed by atoms with Crippen LogP contribution in [-0.4, -0.2) is 37.0 Å². The molecule has 0 aliphatic heterocycles. The smallest absolute Gasteiger partial charge is 0.335 e. The summed E-state index contributed by atoms with van der Waals surface area (Å²) in [5, 5.41) is 9.74. The van der Waals surface area contributed by atoms with E-state index >= 15 is 0 Å². The van der Waals surface area contributed by atoms with Crippen LogP contribution >= 0.6 is 0 Å². The van der Waals surface area contributed by atoms with Gasteiger partial charge in [0.1, 0.15) is 12.4 Å². The summed E-state index contributed by atoms with van der Waals surface area (Å²) < 4.78 is 15.9. The lowest BCUT2D eigenvalue weighted by atomic mass is 10.1. The molecule has 0 radical (unpaired) electrons. The zero-order valence-corrected chi connectivity index (χ0v) is 14.4. The van der Waals surface area contributed by atoms with Crippen molar-refractivity contribution in [3.05, 3.63) is 65.7 Å². The van der Waals surface area contributed by atoms with E-state index in [2.05, 4.69) is 0 Å². The second kappa shape index (κ2) is 10.5. The van der Waals surface area contributed by atoms with Crippen molar-refractivity contribution in [1.29, 1.82) is 0 Å². The zero-order valence-electron chi connectivity index (χ0n) is 14.4. The fraction of sp³-hybridized carbons (Fsp3) is 0.350. The third kappa shape index (κ3) is 6.95. The fourth-order valence-corrected chi connectivity index (χ4v) is 2.25. The average Bonchev–Trinajstić information content (AvgIpc) is 2.64. The highest BCUT2D eigenvalue weighted by atomic mass is 16.5. The number of esters is 1. The van der Waals surface area contributed by atoms with Gasteiger partial charge in [0.25, 0.3) is 0 Å². The van der Waals surface area contributed by atoms with Crippen molar-refractivity contribution in [2.45, 2.75) is 26.1 Å². The van der Waals surface area contributed by atoms with Crippen molar-refractivity contribution in [3.63, 3.8) is 0 Å². The van der Waals surface area contributed by atoms with E-state index in [0.29, 0.717) is 19.8 Å². The molecule has 1 atom stereocenters. The highest BCUT2D eigenvalue weighted by Crippen LogP contribution is 2.14. The van der Waals surface area contributed by atoms with Gasteiger partial charge >= 0.3 is 5.97 Å². The molecular formula is C20H24O5. The average molecular weight is 344 g/mol. The standard InChI is InChI=1S/C20H24O5/c1-2-24-20(22)19(21)14-16-8-10-18(11-9-16)25-13-12-23-15-17-6-4-3-5-7-17/h3-11,19,21H,2,12-15H2,1H3/t19-/m0/s1. The molecule has 0 saturated heterocycles. The second-order valence-electron chi connectivity index (χ2n) is 5.50. The Labute approximate surface area is 148 Å². The Bertz CT molecular complexity index is 624. The SMILES string of the molecule is CCOC(=O)[C@@H](O)Cc1ccc(OCCOCc2ccccc2)cc1. The first-order valence-electron chi connectivity index (χ1n) is 8.37. The van der Waals surface area contributed by atoms with E-state index in [0.717, 1.165) is 16.9 Å². The minimum Gasteiger partial charge on any atom is -0.491 e. The van der Waals surface area contributed by atoms with Crippen LogP contribution in [-0.2, 0) is 27.3 Å².